The maximum Gasteiger partial charge on any atom is 0.313 e. The molecule has 1 spiro atoms. The molecular formula is C24H31NO3. The number of carboxylic acids is 1. The van der Waals surface area contributed by atoms with Crippen LogP contribution in [0.15, 0.2) is 60.1 Å². The van der Waals surface area contributed by atoms with E-state index in [1.807, 2.05) is 12.2 Å². The van der Waals surface area contributed by atoms with E-state index in [0.29, 0.717) is 30.4 Å². The predicted molar refractivity (Wildman–Crippen MR) is 110 cm³/mol. The Hall–Kier alpha value is -2.23. The number of allylic oxidation sites excluding steroid dienone is 6. The first-order valence-corrected chi connectivity index (χ1v) is 10.4. The van der Waals surface area contributed by atoms with Crippen molar-refractivity contribution in [2.24, 2.45) is 16.7 Å². The largest absolute Gasteiger partial charge is 0.492 e. The van der Waals surface area contributed by atoms with Crippen LogP contribution >= 0.6 is 0 Å². The summed E-state index contributed by atoms with van der Waals surface area (Å²) in [6.45, 7) is 10.1. The van der Waals surface area contributed by atoms with Crippen molar-refractivity contribution in [3.05, 3.63) is 60.1 Å². The molecule has 0 radical (unpaired) electrons. The summed E-state index contributed by atoms with van der Waals surface area (Å²) >= 11 is 0. The first kappa shape index (κ1) is 19.1. The van der Waals surface area contributed by atoms with E-state index < -0.39 is 11.4 Å². The van der Waals surface area contributed by atoms with Crippen LogP contribution in [0.25, 0.3) is 0 Å². The number of rotatable bonds is 7. The van der Waals surface area contributed by atoms with Gasteiger partial charge < -0.3 is 14.7 Å². The molecule has 2 unspecified atom stereocenters. The van der Waals surface area contributed by atoms with E-state index in [1.165, 1.54) is 30.5 Å². The number of aliphatic carboxylic acids is 1. The topological polar surface area (TPSA) is 49.8 Å². The molecule has 3 atom stereocenters. The highest BCUT2D eigenvalue weighted by Crippen LogP contribution is 2.56. The Morgan fingerprint density at radius 1 is 1.43 bits per heavy atom. The number of ether oxygens (including phenoxy) is 1. The van der Waals surface area contributed by atoms with Crippen molar-refractivity contribution >= 4 is 5.97 Å². The molecule has 28 heavy (non-hydrogen) atoms. The zero-order chi connectivity index (χ0) is 19.9. The van der Waals surface area contributed by atoms with E-state index in [-0.39, 0.29) is 0 Å². The first-order valence-electron chi connectivity index (χ1n) is 10.4. The molecule has 0 bridgehead atoms. The maximum absolute atomic E-state index is 11.4. The van der Waals surface area contributed by atoms with Crippen LogP contribution in [0.1, 0.15) is 46.0 Å². The summed E-state index contributed by atoms with van der Waals surface area (Å²) in [6.07, 6.45) is 17.3. The molecule has 0 aromatic heterocycles. The van der Waals surface area contributed by atoms with E-state index in [9.17, 15) is 9.90 Å². The summed E-state index contributed by atoms with van der Waals surface area (Å²) in [7, 11) is 0. The fourth-order valence-corrected chi connectivity index (χ4v) is 4.57. The van der Waals surface area contributed by atoms with Crippen molar-refractivity contribution in [2.45, 2.75) is 52.0 Å². The van der Waals surface area contributed by atoms with Crippen molar-refractivity contribution in [1.29, 1.82) is 0 Å². The van der Waals surface area contributed by atoms with Gasteiger partial charge in [-0.15, -0.1) is 0 Å². The Labute approximate surface area is 167 Å². The summed E-state index contributed by atoms with van der Waals surface area (Å²) in [4.78, 5) is 13.8. The highest BCUT2D eigenvalue weighted by Gasteiger charge is 2.52. The van der Waals surface area contributed by atoms with Crippen molar-refractivity contribution < 1.29 is 14.6 Å². The van der Waals surface area contributed by atoms with E-state index >= 15 is 0 Å². The van der Waals surface area contributed by atoms with Crippen LogP contribution in [0.2, 0.25) is 0 Å². The first-order chi connectivity index (χ1) is 13.3. The quantitative estimate of drug-likeness (QED) is 0.686. The molecule has 0 aromatic carbocycles. The van der Waals surface area contributed by atoms with Crippen LogP contribution in [-0.4, -0.2) is 35.2 Å². The average Bonchev–Trinajstić information content (AvgIpc) is 3.14. The second-order valence-corrected chi connectivity index (χ2v) is 9.32. The lowest BCUT2D eigenvalue weighted by atomic mass is 9.83. The lowest BCUT2D eigenvalue weighted by molar-refractivity contribution is -0.145. The Balaban J connectivity index is 1.36. The lowest BCUT2D eigenvalue weighted by Gasteiger charge is -2.30. The average molecular weight is 382 g/mol. The third-order valence-corrected chi connectivity index (χ3v) is 6.96. The minimum Gasteiger partial charge on any atom is -0.492 e. The van der Waals surface area contributed by atoms with Gasteiger partial charge in [-0.05, 0) is 56.1 Å². The van der Waals surface area contributed by atoms with Crippen LogP contribution in [0.5, 0.6) is 0 Å². The Morgan fingerprint density at radius 3 is 2.79 bits per heavy atom. The number of hydrogen-bond acceptors (Lipinski definition) is 3. The predicted octanol–water partition coefficient (Wildman–Crippen LogP) is 4.83. The second-order valence-electron chi connectivity index (χ2n) is 9.32. The van der Waals surface area contributed by atoms with Crippen molar-refractivity contribution in [2.75, 3.05) is 13.2 Å². The second kappa shape index (κ2) is 6.98. The maximum atomic E-state index is 11.4. The standard InChI is InChI=1S/C24H31NO3/c1-17-5-4-6-19(17)13-18(2)25-16-24(11-12-24)14-20(25)15-28-21-7-9-23(3,10-8-21)22(26)27/h4-9,17,20H,2,10-16H2,1,3H3,(H,26,27)/t17?,20-,23?/m0/s1. The summed E-state index contributed by atoms with van der Waals surface area (Å²) in [6, 6.07) is 0.349. The molecule has 0 aromatic rings. The van der Waals surface area contributed by atoms with E-state index in [2.05, 4.69) is 36.6 Å². The molecule has 3 aliphatic carbocycles. The SMILES string of the molecule is C=C(CC1=CC=CC1C)N1CC2(CC2)C[C@H]1COC1=CCC(C)(C(=O)O)C=C1. The van der Waals surface area contributed by atoms with Gasteiger partial charge in [0.05, 0.1) is 11.5 Å². The van der Waals surface area contributed by atoms with Crippen molar-refractivity contribution in [1.82, 2.24) is 4.90 Å². The monoisotopic (exact) mass is 381 g/mol. The van der Waals surface area contributed by atoms with Gasteiger partial charge >= 0.3 is 5.97 Å². The van der Waals surface area contributed by atoms with Gasteiger partial charge in [0.2, 0.25) is 0 Å². The minimum absolute atomic E-state index is 0.349. The zero-order valence-corrected chi connectivity index (χ0v) is 17.0. The van der Waals surface area contributed by atoms with E-state index in [4.69, 9.17) is 4.74 Å². The van der Waals surface area contributed by atoms with Crippen LogP contribution < -0.4 is 0 Å². The molecule has 1 N–H and O–H groups in total. The van der Waals surface area contributed by atoms with Crippen LogP contribution in [0.4, 0.5) is 0 Å². The third-order valence-electron chi connectivity index (χ3n) is 6.96. The molecule has 1 heterocycles. The minimum atomic E-state index is -0.821. The van der Waals surface area contributed by atoms with Crippen molar-refractivity contribution in [3.8, 4) is 0 Å². The number of likely N-dealkylation sites (tertiary alicyclic amines) is 1. The Morgan fingerprint density at radius 2 is 2.21 bits per heavy atom. The van der Waals surface area contributed by atoms with E-state index in [0.717, 1.165) is 18.7 Å². The van der Waals surface area contributed by atoms with Crippen LogP contribution in [-0.2, 0) is 9.53 Å². The van der Waals surface area contributed by atoms with Crippen molar-refractivity contribution in [3.63, 3.8) is 0 Å². The lowest BCUT2D eigenvalue weighted by Crippen LogP contribution is -2.33. The van der Waals surface area contributed by atoms with Gasteiger partial charge in [0, 0.05) is 18.7 Å². The molecule has 4 rings (SSSR count). The zero-order valence-electron chi connectivity index (χ0n) is 17.0. The number of nitrogens with zero attached hydrogens (tertiary/aromatic N) is 1. The van der Waals surface area contributed by atoms with E-state index in [1.54, 1.807) is 13.0 Å². The van der Waals surface area contributed by atoms with Gasteiger partial charge in [-0.2, -0.15) is 0 Å². The fraction of sp³-hybridized carbons (Fsp3) is 0.542. The third kappa shape index (κ3) is 3.69. The summed E-state index contributed by atoms with van der Waals surface area (Å²) in [5, 5.41) is 9.34. The molecule has 4 heteroatoms. The molecule has 2 fully saturated rings. The number of carbonyl (C=O) groups is 1. The molecule has 1 saturated carbocycles. The van der Waals surface area contributed by atoms with Gasteiger partial charge in [-0.1, -0.05) is 43.4 Å². The summed E-state index contributed by atoms with van der Waals surface area (Å²) in [5.74, 6) is 0.500. The smallest absolute Gasteiger partial charge is 0.313 e. The number of carboxylic acid groups (broad SMARTS) is 1. The van der Waals surface area contributed by atoms with Gasteiger partial charge in [0.25, 0.3) is 0 Å². The molecule has 4 nitrogen and oxygen atoms in total. The highest BCUT2D eigenvalue weighted by molar-refractivity contribution is 5.77. The molecule has 1 saturated heterocycles. The van der Waals surface area contributed by atoms with Crippen LogP contribution in [0, 0.1) is 16.7 Å². The molecular weight excluding hydrogens is 350 g/mol. The molecule has 0 amide bonds. The van der Waals surface area contributed by atoms with Gasteiger partial charge in [-0.3, -0.25) is 4.79 Å². The molecule has 1 aliphatic heterocycles. The van der Waals surface area contributed by atoms with Gasteiger partial charge in [-0.25, -0.2) is 0 Å². The Kier molecular flexibility index (Phi) is 4.76. The summed E-state index contributed by atoms with van der Waals surface area (Å²) < 4.78 is 6.10. The fourth-order valence-electron chi connectivity index (χ4n) is 4.57. The molecule has 150 valence electrons. The number of hydrogen-bond donors (Lipinski definition) is 1. The van der Waals surface area contributed by atoms with Gasteiger partial charge in [0.15, 0.2) is 0 Å². The summed E-state index contributed by atoms with van der Waals surface area (Å²) in [5.41, 5.74) is 2.29. The van der Waals surface area contributed by atoms with Gasteiger partial charge in [0.1, 0.15) is 12.4 Å². The van der Waals surface area contributed by atoms with Crippen LogP contribution in [0.3, 0.4) is 0 Å². The Bertz CT molecular complexity index is 799. The highest BCUT2D eigenvalue weighted by atomic mass is 16.5. The normalized spacial score (nSPS) is 32.4. The molecule has 4 aliphatic rings.